The van der Waals surface area contributed by atoms with E-state index in [1.54, 1.807) is 6.08 Å². The van der Waals surface area contributed by atoms with Gasteiger partial charge in [0, 0.05) is 12.8 Å². The van der Waals surface area contributed by atoms with Crippen LogP contribution in [-0.4, -0.2) is 47.4 Å². The number of rotatable bonds is 71. The highest BCUT2D eigenvalue weighted by molar-refractivity contribution is 5.76. The van der Waals surface area contributed by atoms with Gasteiger partial charge in [0.1, 0.15) is 0 Å². The number of carbonyl (C=O) groups excluding carboxylic acids is 2. The van der Waals surface area contributed by atoms with Crippen LogP contribution < -0.4 is 5.32 Å². The molecular weight excluding hydrogens is 1040 g/mol. The molecule has 0 bridgehead atoms. The van der Waals surface area contributed by atoms with E-state index in [1.807, 2.05) is 6.08 Å². The van der Waals surface area contributed by atoms with Gasteiger partial charge in [-0.25, -0.2) is 0 Å². The zero-order chi connectivity index (χ0) is 61.3. The maximum absolute atomic E-state index is 12.5. The molecule has 2 atom stereocenters. The maximum Gasteiger partial charge on any atom is 0.305 e. The minimum Gasteiger partial charge on any atom is -0.466 e. The third-order valence-corrected chi connectivity index (χ3v) is 17.5. The Kier molecular flexibility index (Phi) is 71.9. The van der Waals surface area contributed by atoms with Crippen molar-refractivity contribution in [2.75, 3.05) is 13.2 Å². The second-order valence-corrected chi connectivity index (χ2v) is 26.0. The molecule has 3 N–H and O–H groups in total. The van der Waals surface area contributed by atoms with Crippen LogP contribution in [0.1, 0.15) is 406 Å². The fourth-order valence-electron chi connectivity index (χ4n) is 11.7. The minimum atomic E-state index is -0.849. The quantitative estimate of drug-likeness (QED) is 0.0320. The van der Waals surface area contributed by atoms with Gasteiger partial charge in [-0.15, -0.1) is 0 Å². The summed E-state index contributed by atoms with van der Waals surface area (Å²) >= 11 is 0. The van der Waals surface area contributed by atoms with Gasteiger partial charge in [0.2, 0.25) is 5.91 Å². The Bertz CT molecular complexity index is 1470. The molecule has 1 amide bonds. The molecule has 0 saturated heterocycles. The summed E-state index contributed by atoms with van der Waals surface area (Å²) < 4.78 is 5.50. The van der Waals surface area contributed by atoms with E-state index in [-0.39, 0.29) is 18.5 Å². The zero-order valence-corrected chi connectivity index (χ0v) is 57.1. The molecule has 0 fully saturated rings. The van der Waals surface area contributed by atoms with Gasteiger partial charge in [0.05, 0.1) is 25.4 Å². The molecule has 6 heteroatoms. The number of ether oxygens (including phenoxy) is 1. The third-order valence-electron chi connectivity index (χ3n) is 17.5. The molecule has 6 nitrogen and oxygen atoms in total. The van der Waals surface area contributed by atoms with Crippen molar-refractivity contribution in [3.05, 3.63) is 60.8 Å². The number of hydrogen-bond acceptors (Lipinski definition) is 5. The minimum absolute atomic E-state index is 0.00311. The van der Waals surface area contributed by atoms with Crippen LogP contribution >= 0.6 is 0 Å². The van der Waals surface area contributed by atoms with Gasteiger partial charge in [-0.05, 0) is 96.3 Å². The standard InChI is InChI=1S/C79H147NO5/c1-3-5-7-9-11-13-15-17-19-21-23-24-30-33-36-39-43-47-51-55-59-63-67-71-77(82)76(75-81)80-78(83)72-68-64-60-56-52-48-44-40-37-34-31-28-26-25-27-29-32-35-38-42-46-50-54-58-62-66-70-74-85-79(84)73-69-65-61-57-53-49-45-41-22-20-18-16-14-12-10-8-6-4-2/h14,16,20,22,25-26,29,32,67,71,76-77,81-82H,3-13,15,17-19,21,23-24,27-28,30-31,33-66,68-70,72-75H2,1-2H3,(H,80,83)/b16-14-,22-20-,26-25-,32-29-,71-67+. The van der Waals surface area contributed by atoms with Crippen LogP contribution in [0.25, 0.3) is 0 Å². The number of allylic oxidation sites excluding steroid dienone is 9. The van der Waals surface area contributed by atoms with Crippen molar-refractivity contribution in [3.8, 4) is 0 Å². The first-order valence-corrected chi connectivity index (χ1v) is 38.1. The predicted molar refractivity (Wildman–Crippen MR) is 375 cm³/mol. The first kappa shape index (κ1) is 82.6. The Hall–Kier alpha value is -2.44. The highest BCUT2D eigenvalue weighted by Gasteiger charge is 2.18. The van der Waals surface area contributed by atoms with Crippen LogP contribution in [0.15, 0.2) is 60.8 Å². The van der Waals surface area contributed by atoms with Gasteiger partial charge in [0.25, 0.3) is 0 Å². The van der Waals surface area contributed by atoms with E-state index < -0.39 is 12.1 Å². The molecule has 0 aliphatic rings. The van der Waals surface area contributed by atoms with Gasteiger partial charge in [0.15, 0.2) is 0 Å². The lowest BCUT2D eigenvalue weighted by Crippen LogP contribution is -2.45. The Balaban J connectivity index is 3.44. The van der Waals surface area contributed by atoms with Crippen molar-refractivity contribution in [1.29, 1.82) is 0 Å². The van der Waals surface area contributed by atoms with Crippen molar-refractivity contribution in [2.45, 2.75) is 418 Å². The lowest BCUT2D eigenvalue weighted by molar-refractivity contribution is -0.143. The van der Waals surface area contributed by atoms with Crippen molar-refractivity contribution >= 4 is 11.9 Å². The van der Waals surface area contributed by atoms with Crippen molar-refractivity contribution in [1.82, 2.24) is 5.32 Å². The van der Waals surface area contributed by atoms with Crippen LogP contribution in [0.5, 0.6) is 0 Å². The molecule has 85 heavy (non-hydrogen) atoms. The smallest absolute Gasteiger partial charge is 0.305 e. The highest BCUT2D eigenvalue weighted by atomic mass is 16.5. The van der Waals surface area contributed by atoms with Crippen LogP contribution in [-0.2, 0) is 14.3 Å². The number of nitrogens with one attached hydrogen (secondary N) is 1. The predicted octanol–water partition coefficient (Wildman–Crippen LogP) is 25.0. The van der Waals surface area contributed by atoms with Crippen LogP contribution in [0.2, 0.25) is 0 Å². The van der Waals surface area contributed by atoms with Crippen molar-refractivity contribution in [3.63, 3.8) is 0 Å². The molecule has 0 saturated carbocycles. The van der Waals surface area contributed by atoms with Gasteiger partial charge in [-0.3, -0.25) is 9.59 Å². The van der Waals surface area contributed by atoms with Gasteiger partial charge in [-0.1, -0.05) is 357 Å². The first-order chi connectivity index (χ1) is 42.0. The molecule has 0 rings (SSSR count). The number of unbranched alkanes of at least 4 members (excludes halogenated alkanes) is 52. The topological polar surface area (TPSA) is 95.9 Å². The van der Waals surface area contributed by atoms with E-state index in [0.29, 0.717) is 19.4 Å². The molecule has 2 unspecified atom stereocenters. The molecule has 0 radical (unpaired) electrons. The Morgan fingerprint density at radius 3 is 0.906 bits per heavy atom. The van der Waals surface area contributed by atoms with Crippen LogP contribution in [0.3, 0.4) is 0 Å². The molecule has 0 spiro atoms. The Morgan fingerprint density at radius 1 is 0.329 bits per heavy atom. The molecule has 0 aliphatic heterocycles. The number of aliphatic hydroxyl groups is 2. The number of aliphatic hydroxyl groups excluding tert-OH is 2. The highest BCUT2D eigenvalue weighted by Crippen LogP contribution is 2.18. The fourth-order valence-corrected chi connectivity index (χ4v) is 11.7. The summed E-state index contributed by atoms with van der Waals surface area (Å²) in [5, 5.41) is 23.3. The van der Waals surface area contributed by atoms with Crippen molar-refractivity contribution in [2.24, 2.45) is 0 Å². The number of carbonyl (C=O) groups is 2. The largest absolute Gasteiger partial charge is 0.466 e. The average Bonchev–Trinajstić information content (AvgIpc) is 3.51. The Morgan fingerprint density at radius 2 is 0.588 bits per heavy atom. The van der Waals surface area contributed by atoms with E-state index in [0.717, 1.165) is 57.8 Å². The van der Waals surface area contributed by atoms with Gasteiger partial charge in [-0.2, -0.15) is 0 Å². The zero-order valence-electron chi connectivity index (χ0n) is 57.1. The van der Waals surface area contributed by atoms with E-state index in [1.165, 1.54) is 321 Å². The summed E-state index contributed by atoms with van der Waals surface area (Å²) in [5.74, 6) is -0.0647. The molecule has 0 aromatic rings. The lowest BCUT2D eigenvalue weighted by atomic mass is 10.0. The second-order valence-electron chi connectivity index (χ2n) is 26.0. The number of hydrogen-bond donors (Lipinski definition) is 3. The summed E-state index contributed by atoms with van der Waals surface area (Å²) in [4.78, 5) is 24.6. The van der Waals surface area contributed by atoms with Crippen molar-refractivity contribution < 1.29 is 24.5 Å². The summed E-state index contributed by atoms with van der Waals surface area (Å²) in [6.07, 6.45) is 98.9. The summed E-state index contributed by atoms with van der Waals surface area (Å²) in [6, 6.07) is -0.633. The summed E-state index contributed by atoms with van der Waals surface area (Å²) in [7, 11) is 0. The van der Waals surface area contributed by atoms with E-state index in [9.17, 15) is 19.8 Å². The number of esters is 1. The summed E-state index contributed by atoms with van der Waals surface area (Å²) in [6.45, 7) is 4.91. The molecule has 0 aromatic heterocycles. The molecule has 0 aliphatic carbocycles. The Labute approximate surface area is 530 Å². The molecule has 0 heterocycles. The summed E-state index contributed by atoms with van der Waals surface area (Å²) in [5.41, 5.74) is 0. The SMILES string of the molecule is CCCCCC/C=C\C/C=C\CCCCCCCCCC(=O)OCCCCCCCCCCC/C=C\C/C=C\CCCCCCCCCCCCCC(=O)NC(CO)C(O)/C=C/CCCCCCCCCCCCCCCCCCCCCCC. The third kappa shape index (κ3) is 70.5. The van der Waals surface area contributed by atoms with E-state index >= 15 is 0 Å². The fraction of sp³-hybridized carbons (Fsp3) is 0.848. The second kappa shape index (κ2) is 74.0. The normalized spacial score (nSPS) is 12.8. The first-order valence-electron chi connectivity index (χ1n) is 38.1. The average molecular weight is 1190 g/mol. The molecule has 0 aromatic carbocycles. The van der Waals surface area contributed by atoms with Crippen LogP contribution in [0, 0.1) is 0 Å². The van der Waals surface area contributed by atoms with Crippen LogP contribution in [0.4, 0.5) is 0 Å². The number of amides is 1. The monoisotopic (exact) mass is 1190 g/mol. The maximum atomic E-state index is 12.5. The molecular formula is C79H147NO5. The van der Waals surface area contributed by atoms with Gasteiger partial charge >= 0.3 is 5.97 Å². The van der Waals surface area contributed by atoms with E-state index in [2.05, 4.69) is 67.8 Å². The molecule has 498 valence electrons. The van der Waals surface area contributed by atoms with Gasteiger partial charge < -0.3 is 20.3 Å². The lowest BCUT2D eigenvalue weighted by Gasteiger charge is -2.20. The van der Waals surface area contributed by atoms with E-state index in [4.69, 9.17) is 4.74 Å².